The third-order valence-electron chi connectivity index (χ3n) is 5.41. The maximum atomic E-state index is 12.7. The number of aryl methyl sites for hydroxylation is 1. The molecule has 2 amide bonds. The predicted molar refractivity (Wildman–Crippen MR) is 124 cm³/mol. The van der Waals surface area contributed by atoms with Gasteiger partial charge in [-0.1, -0.05) is 30.3 Å². The first-order valence-corrected chi connectivity index (χ1v) is 10.5. The Kier molecular flexibility index (Phi) is 6.42. The number of carbonyl (C=O) groups excluding carboxylic acids is 1. The van der Waals surface area contributed by atoms with E-state index in [9.17, 15) is 4.79 Å². The zero-order valence-corrected chi connectivity index (χ0v) is 17.8. The molecule has 5 N–H and O–H groups in total. The van der Waals surface area contributed by atoms with Crippen molar-refractivity contribution >= 4 is 23.2 Å². The zero-order chi connectivity index (χ0) is 22.5. The largest absolute Gasteiger partial charge is 0.398 e. The van der Waals surface area contributed by atoms with Gasteiger partial charge in [-0.15, -0.1) is 0 Å². The van der Waals surface area contributed by atoms with E-state index < -0.39 is 6.03 Å². The number of hydrogen-bond acceptors (Lipinski definition) is 6. The number of aromatic nitrogens is 2. The summed E-state index contributed by atoms with van der Waals surface area (Å²) in [7, 11) is 0. The summed E-state index contributed by atoms with van der Waals surface area (Å²) in [5, 5.41) is 14.2. The summed E-state index contributed by atoms with van der Waals surface area (Å²) in [5.74, 6) is 0.307. The molecule has 1 fully saturated rings. The Hall–Kier alpha value is -3.78. The molecule has 2 aromatic heterocycles. The van der Waals surface area contributed by atoms with E-state index >= 15 is 0 Å². The van der Waals surface area contributed by atoms with Crippen LogP contribution in [0.5, 0.6) is 0 Å². The fourth-order valence-corrected chi connectivity index (χ4v) is 3.82. The average Bonchev–Trinajstić information content (AvgIpc) is 3.32. The van der Waals surface area contributed by atoms with Crippen molar-refractivity contribution in [3.63, 3.8) is 0 Å². The van der Waals surface area contributed by atoms with E-state index in [2.05, 4.69) is 20.6 Å². The maximum Gasteiger partial charge on any atom is 0.320 e. The van der Waals surface area contributed by atoms with Gasteiger partial charge in [0.15, 0.2) is 0 Å². The highest BCUT2D eigenvalue weighted by Crippen LogP contribution is 2.27. The first kappa shape index (κ1) is 21.5. The Balaban J connectivity index is 1.47. The molecule has 0 unspecified atom stereocenters. The molecule has 3 aromatic rings. The lowest BCUT2D eigenvalue weighted by Crippen LogP contribution is -2.38. The number of pyridine rings is 2. The van der Waals surface area contributed by atoms with Crippen LogP contribution in [0.2, 0.25) is 0 Å². The lowest BCUT2D eigenvalue weighted by Gasteiger charge is -2.24. The van der Waals surface area contributed by atoms with Crippen molar-refractivity contribution in [2.75, 3.05) is 17.7 Å². The topological polar surface area (TPSA) is 126 Å². The maximum absolute atomic E-state index is 12.7. The molecule has 1 saturated heterocycles. The van der Waals surface area contributed by atoms with E-state index in [1.807, 2.05) is 43.3 Å². The lowest BCUT2D eigenvalue weighted by molar-refractivity contribution is 0.0815. The molecule has 8 heteroatoms. The zero-order valence-electron chi connectivity index (χ0n) is 17.8. The Morgan fingerprint density at radius 3 is 2.72 bits per heavy atom. The van der Waals surface area contributed by atoms with Gasteiger partial charge in [0.2, 0.25) is 0 Å². The summed E-state index contributed by atoms with van der Waals surface area (Å²) < 4.78 is 5.83. The SMILES string of the molecule is Cc1cc(C(=N)c2cnc(NC(=O)N[C@H](c3ccccc3)[C@@H]3CCCO3)cc2N)ccn1. The third kappa shape index (κ3) is 4.92. The van der Waals surface area contributed by atoms with Crippen LogP contribution in [-0.2, 0) is 4.74 Å². The first-order chi connectivity index (χ1) is 15.5. The van der Waals surface area contributed by atoms with Gasteiger partial charge in [-0.05, 0) is 37.5 Å². The number of ether oxygens (including phenoxy) is 1. The minimum atomic E-state index is -0.395. The summed E-state index contributed by atoms with van der Waals surface area (Å²) >= 11 is 0. The summed E-state index contributed by atoms with van der Waals surface area (Å²) in [6.07, 6.45) is 4.93. The molecular weight excluding hydrogens is 404 g/mol. The summed E-state index contributed by atoms with van der Waals surface area (Å²) in [5.41, 5.74) is 9.77. The van der Waals surface area contributed by atoms with E-state index in [0.29, 0.717) is 29.2 Å². The van der Waals surface area contributed by atoms with E-state index in [-0.39, 0.29) is 17.9 Å². The second-order valence-corrected chi connectivity index (χ2v) is 7.76. The Morgan fingerprint density at radius 1 is 1.22 bits per heavy atom. The van der Waals surface area contributed by atoms with Gasteiger partial charge in [-0.3, -0.25) is 15.7 Å². The minimum Gasteiger partial charge on any atom is -0.398 e. The number of hydrogen-bond donors (Lipinski definition) is 4. The number of urea groups is 1. The number of benzene rings is 1. The van der Waals surface area contributed by atoms with Crippen LogP contribution in [0.25, 0.3) is 0 Å². The molecule has 1 aromatic carbocycles. The number of rotatable bonds is 6. The fraction of sp³-hybridized carbons (Fsp3) is 0.250. The molecule has 0 aliphatic carbocycles. The van der Waals surface area contributed by atoms with E-state index in [4.69, 9.17) is 15.9 Å². The van der Waals surface area contributed by atoms with Gasteiger partial charge in [0.1, 0.15) is 5.82 Å². The van der Waals surface area contributed by atoms with E-state index in [0.717, 1.165) is 24.1 Å². The number of nitrogen functional groups attached to an aromatic ring is 1. The van der Waals surface area contributed by atoms with Gasteiger partial charge in [-0.2, -0.15) is 0 Å². The molecule has 2 atom stereocenters. The van der Waals surface area contributed by atoms with Crippen LogP contribution < -0.4 is 16.4 Å². The van der Waals surface area contributed by atoms with Gasteiger partial charge in [-0.25, -0.2) is 9.78 Å². The summed E-state index contributed by atoms with van der Waals surface area (Å²) in [6.45, 7) is 2.56. The van der Waals surface area contributed by atoms with Gasteiger partial charge < -0.3 is 15.8 Å². The van der Waals surface area contributed by atoms with Crippen molar-refractivity contribution in [1.82, 2.24) is 15.3 Å². The van der Waals surface area contributed by atoms with Crippen molar-refractivity contribution < 1.29 is 9.53 Å². The fourth-order valence-electron chi connectivity index (χ4n) is 3.82. The molecular formula is C24H26N6O2. The predicted octanol–water partition coefficient (Wildman–Crippen LogP) is 3.83. The van der Waals surface area contributed by atoms with Crippen LogP contribution in [0.3, 0.4) is 0 Å². The molecule has 1 aliphatic heterocycles. The van der Waals surface area contributed by atoms with Gasteiger partial charge in [0.25, 0.3) is 0 Å². The van der Waals surface area contributed by atoms with Gasteiger partial charge >= 0.3 is 6.03 Å². The molecule has 4 rings (SSSR count). The molecule has 32 heavy (non-hydrogen) atoms. The number of nitrogens with two attached hydrogens (primary N) is 1. The molecule has 0 saturated carbocycles. The molecule has 1 aliphatic rings. The highest BCUT2D eigenvalue weighted by Gasteiger charge is 2.28. The molecule has 0 radical (unpaired) electrons. The second-order valence-electron chi connectivity index (χ2n) is 7.76. The highest BCUT2D eigenvalue weighted by atomic mass is 16.5. The Bertz CT molecular complexity index is 1110. The second kappa shape index (κ2) is 9.57. The molecule has 8 nitrogen and oxygen atoms in total. The Labute approximate surface area is 186 Å². The van der Waals surface area contributed by atoms with Crippen molar-refractivity contribution in [2.45, 2.75) is 31.9 Å². The van der Waals surface area contributed by atoms with Crippen molar-refractivity contribution in [2.24, 2.45) is 0 Å². The van der Waals surface area contributed by atoms with E-state index in [1.54, 1.807) is 18.3 Å². The van der Waals surface area contributed by atoms with Crippen LogP contribution in [0.15, 0.2) is 60.9 Å². The van der Waals surface area contributed by atoms with Crippen molar-refractivity contribution in [3.05, 3.63) is 83.3 Å². The number of nitrogens with one attached hydrogen (secondary N) is 3. The quantitative estimate of drug-likeness (QED) is 0.442. The van der Waals surface area contributed by atoms with Crippen LogP contribution >= 0.6 is 0 Å². The van der Waals surface area contributed by atoms with Crippen LogP contribution in [0, 0.1) is 12.3 Å². The summed E-state index contributed by atoms with van der Waals surface area (Å²) in [6, 6.07) is 14.2. The standard InChI is InChI=1S/C24H26N6O2/c1-15-12-17(9-10-27-15)22(26)18-14-28-21(13-19(18)25)29-24(31)30-23(20-8-5-11-32-20)16-6-3-2-4-7-16/h2-4,6-7,9-10,12-14,20,23,26H,5,8,11H2,1H3,(H4,25,28,29,30,31)/t20-,23+/m0/s1. The molecule has 3 heterocycles. The molecule has 164 valence electrons. The monoisotopic (exact) mass is 430 g/mol. The number of nitrogens with zero attached hydrogens (tertiary/aromatic N) is 2. The molecule has 0 bridgehead atoms. The van der Waals surface area contributed by atoms with Crippen LogP contribution in [-0.4, -0.2) is 34.4 Å². The van der Waals surface area contributed by atoms with Crippen molar-refractivity contribution in [3.8, 4) is 0 Å². The van der Waals surface area contributed by atoms with Gasteiger partial charge in [0, 0.05) is 47.6 Å². The number of amides is 2. The highest BCUT2D eigenvalue weighted by molar-refractivity contribution is 6.13. The normalized spacial score (nSPS) is 16.3. The van der Waals surface area contributed by atoms with Crippen LogP contribution in [0.4, 0.5) is 16.3 Å². The number of carbonyl (C=O) groups is 1. The lowest BCUT2D eigenvalue weighted by atomic mass is 9.99. The van der Waals surface area contributed by atoms with E-state index in [1.165, 1.54) is 6.20 Å². The Morgan fingerprint density at radius 2 is 2.03 bits per heavy atom. The van der Waals surface area contributed by atoms with Gasteiger partial charge in [0.05, 0.1) is 17.9 Å². The smallest absolute Gasteiger partial charge is 0.320 e. The van der Waals surface area contributed by atoms with Crippen LogP contribution in [0.1, 0.15) is 41.3 Å². The molecule has 0 spiro atoms. The van der Waals surface area contributed by atoms with Crippen molar-refractivity contribution in [1.29, 1.82) is 5.41 Å². The average molecular weight is 431 g/mol. The minimum absolute atomic E-state index is 0.0761. The number of anilines is 2. The first-order valence-electron chi connectivity index (χ1n) is 10.5. The summed E-state index contributed by atoms with van der Waals surface area (Å²) in [4.78, 5) is 21.2. The third-order valence-corrected chi connectivity index (χ3v) is 5.41.